The smallest absolute Gasteiger partial charge is 0.410 e. The Balaban J connectivity index is 1.49. The highest BCUT2D eigenvalue weighted by atomic mass is 16.6. The van der Waals surface area contributed by atoms with Crippen LogP contribution in [0.2, 0.25) is 0 Å². The SMILES string of the molecule is CN(C)C(=O)C=CCCC(OC(=O)N(C)C)C(=O)Nc1cccn(Cc2nc3c(C4CCCCC4)ncnc3[nH]2)c1=O. The highest BCUT2D eigenvalue weighted by Gasteiger charge is 2.25. The minimum atomic E-state index is -1.18. The van der Waals surface area contributed by atoms with Crippen LogP contribution in [0, 0.1) is 0 Å². The number of aromatic nitrogens is 5. The zero-order valence-corrected chi connectivity index (χ0v) is 24.5. The van der Waals surface area contributed by atoms with Crippen molar-refractivity contribution in [3.8, 4) is 0 Å². The molecule has 13 heteroatoms. The first-order valence-electron chi connectivity index (χ1n) is 14.1. The first kappa shape index (κ1) is 30.4. The highest BCUT2D eigenvalue weighted by molar-refractivity contribution is 5.95. The molecule has 0 saturated heterocycles. The van der Waals surface area contributed by atoms with Crippen LogP contribution in [0.5, 0.6) is 0 Å². The third-order valence-corrected chi connectivity index (χ3v) is 7.15. The summed E-state index contributed by atoms with van der Waals surface area (Å²) in [5.74, 6) is 0.0431. The van der Waals surface area contributed by atoms with Crippen molar-refractivity contribution < 1.29 is 19.1 Å². The van der Waals surface area contributed by atoms with Gasteiger partial charge < -0.3 is 29.4 Å². The molecule has 42 heavy (non-hydrogen) atoms. The Morgan fingerprint density at radius 3 is 2.62 bits per heavy atom. The molecule has 2 N–H and O–H groups in total. The molecule has 3 amide bonds. The Morgan fingerprint density at radius 1 is 1.14 bits per heavy atom. The summed E-state index contributed by atoms with van der Waals surface area (Å²) in [4.78, 5) is 69.9. The summed E-state index contributed by atoms with van der Waals surface area (Å²) in [5.41, 5.74) is 1.88. The zero-order valence-electron chi connectivity index (χ0n) is 24.5. The normalized spacial score (nSPS) is 14.6. The van der Waals surface area contributed by atoms with Gasteiger partial charge in [-0.05, 0) is 43.9 Å². The minimum Gasteiger partial charge on any atom is -0.436 e. The van der Waals surface area contributed by atoms with Gasteiger partial charge in [-0.25, -0.2) is 19.7 Å². The van der Waals surface area contributed by atoms with Crippen molar-refractivity contribution in [3.05, 3.63) is 58.7 Å². The zero-order chi connectivity index (χ0) is 30.2. The van der Waals surface area contributed by atoms with Crippen molar-refractivity contribution in [1.82, 2.24) is 34.3 Å². The number of pyridine rings is 1. The number of fused-ring (bicyclic) bond motifs is 1. The maximum Gasteiger partial charge on any atom is 0.410 e. The fourth-order valence-corrected chi connectivity index (χ4v) is 4.83. The van der Waals surface area contributed by atoms with Gasteiger partial charge in [0.2, 0.25) is 5.91 Å². The number of carbonyl (C=O) groups is 3. The highest BCUT2D eigenvalue weighted by Crippen LogP contribution is 2.33. The summed E-state index contributed by atoms with van der Waals surface area (Å²) in [6.45, 7) is 0.132. The summed E-state index contributed by atoms with van der Waals surface area (Å²) in [7, 11) is 6.27. The Bertz CT molecular complexity index is 1500. The average molecular weight is 579 g/mol. The van der Waals surface area contributed by atoms with Crippen LogP contribution in [0.25, 0.3) is 11.2 Å². The molecule has 3 aromatic heterocycles. The first-order chi connectivity index (χ1) is 20.1. The van der Waals surface area contributed by atoms with E-state index in [1.54, 1.807) is 38.8 Å². The van der Waals surface area contributed by atoms with E-state index in [-0.39, 0.29) is 24.6 Å². The fraction of sp³-hybridized carbons (Fsp3) is 0.483. The van der Waals surface area contributed by atoms with E-state index >= 15 is 0 Å². The molecule has 0 spiro atoms. The lowest BCUT2D eigenvalue weighted by Gasteiger charge is -2.20. The number of H-pyrrole nitrogens is 1. The van der Waals surface area contributed by atoms with E-state index in [0.29, 0.717) is 23.8 Å². The molecule has 0 aliphatic heterocycles. The number of amides is 3. The van der Waals surface area contributed by atoms with Gasteiger partial charge in [-0.1, -0.05) is 25.3 Å². The van der Waals surface area contributed by atoms with Gasteiger partial charge >= 0.3 is 6.09 Å². The van der Waals surface area contributed by atoms with Crippen LogP contribution in [0.15, 0.2) is 41.6 Å². The molecule has 1 aliphatic rings. The molecule has 1 aliphatic carbocycles. The maximum absolute atomic E-state index is 13.3. The Hall–Kier alpha value is -4.55. The van der Waals surface area contributed by atoms with Gasteiger partial charge in [-0.2, -0.15) is 0 Å². The summed E-state index contributed by atoms with van der Waals surface area (Å²) in [6.07, 6.45) is 10.4. The van der Waals surface area contributed by atoms with E-state index in [9.17, 15) is 19.2 Å². The lowest BCUT2D eigenvalue weighted by Crippen LogP contribution is -2.37. The standard InChI is InChI=1S/C29H38N8O5/c1-35(2)23(38)15-9-8-14-21(42-29(41)36(3)4)27(39)32-20-13-10-16-37(28(20)40)17-22-33-25-24(19-11-6-5-7-12-19)30-18-31-26(25)34-22/h9-10,13,15-16,18-19,21H,5-8,11-12,14,17H2,1-4H3,(H,32,39)(H,30,31,33,34). The van der Waals surface area contributed by atoms with Gasteiger partial charge in [0.25, 0.3) is 11.5 Å². The second-order valence-electron chi connectivity index (χ2n) is 10.8. The van der Waals surface area contributed by atoms with Crippen LogP contribution in [0.3, 0.4) is 0 Å². The quantitative estimate of drug-likeness (QED) is 0.348. The van der Waals surface area contributed by atoms with Crippen LogP contribution in [0.1, 0.15) is 62.4 Å². The summed E-state index contributed by atoms with van der Waals surface area (Å²) in [6, 6.07) is 3.13. The number of allylic oxidation sites excluding steroid dienone is 1. The number of nitrogens with one attached hydrogen (secondary N) is 2. The molecule has 0 radical (unpaired) electrons. The molecule has 0 aromatic carbocycles. The minimum absolute atomic E-state index is 0.0329. The van der Waals surface area contributed by atoms with Crippen LogP contribution in [0.4, 0.5) is 10.5 Å². The van der Waals surface area contributed by atoms with Crippen molar-refractivity contribution in [1.29, 1.82) is 0 Å². The van der Waals surface area contributed by atoms with Crippen LogP contribution in [-0.2, 0) is 20.9 Å². The molecular formula is C29H38N8O5. The number of hydrogen-bond acceptors (Lipinski definition) is 8. The van der Waals surface area contributed by atoms with Crippen LogP contribution in [-0.4, -0.2) is 86.5 Å². The van der Waals surface area contributed by atoms with E-state index in [1.807, 2.05) is 0 Å². The fourth-order valence-electron chi connectivity index (χ4n) is 4.83. The molecule has 1 saturated carbocycles. The number of aromatic amines is 1. The number of rotatable bonds is 10. The van der Waals surface area contributed by atoms with E-state index in [4.69, 9.17) is 9.72 Å². The molecule has 3 aromatic rings. The van der Waals surface area contributed by atoms with Crippen molar-refractivity contribution >= 4 is 34.8 Å². The number of carbonyl (C=O) groups excluding carboxylic acids is 3. The van der Waals surface area contributed by atoms with E-state index in [0.717, 1.165) is 24.1 Å². The monoisotopic (exact) mass is 578 g/mol. The molecule has 1 atom stereocenters. The van der Waals surface area contributed by atoms with Crippen molar-refractivity contribution in [3.63, 3.8) is 0 Å². The molecular weight excluding hydrogens is 540 g/mol. The predicted molar refractivity (Wildman–Crippen MR) is 157 cm³/mol. The van der Waals surface area contributed by atoms with Crippen molar-refractivity contribution in [2.45, 2.75) is 63.5 Å². The second kappa shape index (κ2) is 13.9. The van der Waals surface area contributed by atoms with Crippen LogP contribution < -0.4 is 10.9 Å². The summed E-state index contributed by atoms with van der Waals surface area (Å²) < 4.78 is 6.80. The van der Waals surface area contributed by atoms with Gasteiger partial charge in [-0.3, -0.25) is 14.4 Å². The third-order valence-electron chi connectivity index (χ3n) is 7.15. The molecule has 1 fully saturated rings. The first-order valence-corrected chi connectivity index (χ1v) is 14.1. The summed E-state index contributed by atoms with van der Waals surface area (Å²) >= 11 is 0. The number of imidazole rings is 1. The number of nitrogens with zero attached hydrogens (tertiary/aromatic N) is 6. The predicted octanol–water partition coefficient (Wildman–Crippen LogP) is 3.04. The van der Waals surface area contributed by atoms with Gasteiger partial charge in [0, 0.05) is 40.3 Å². The number of hydrogen-bond donors (Lipinski definition) is 2. The summed E-state index contributed by atoms with van der Waals surface area (Å²) in [5, 5.41) is 2.61. The van der Waals surface area contributed by atoms with Gasteiger partial charge in [0.15, 0.2) is 11.8 Å². The molecule has 4 rings (SSSR count). The van der Waals surface area contributed by atoms with Crippen LogP contribution >= 0.6 is 0 Å². The number of ether oxygens (including phenoxy) is 1. The topological polar surface area (TPSA) is 155 Å². The molecule has 224 valence electrons. The lowest BCUT2D eigenvalue weighted by molar-refractivity contribution is -0.125. The Morgan fingerprint density at radius 2 is 1.90 bits per heavy atom. The number of anilines is 1. The van der Waals surface area contributed by atoms with E-state index in [2.05, 4.69) is 20.3 Å². The average Bonchev–Trinajstić information content (AvgIpc) is 3.39. The molecule has 3 heterocycles. The lowest BCUT2D eigenvalue weighted by atomic mass is 9.86. The van der Waals surface area contributed by atoms with E-state index < -0.39 is 23.7 Å². The van der Waals surface area contributed by atoms with Gasteiger partial charge in [0.05, 0.1) is 12.2 Å². The van der Waals surface area contributed by atoms with Gasteiger partial charge in [-0.15, -0.1) is 0 Å². The Kier molecular flexibility index (Phi) is 10.0. The van der Waals surface area contributed by atoms with Crippen molar-refractivity contribution in [2.24, 2.45) is 0 Å². The molecule has 1 unspecified atom stereocenters. The van der Waals surface area contributed by atoms with E-state index in [1.165, 1.54) is 59.9 Å². The molecule has 13 nitrogen and oxygen atoms in total. The third kappa shape index (κ3) is 7.59. The number of likely N-dealkylation sites (N-methyl/N-ethyl adjacent to an activating group) is 1. The largest absolute Gasteiger partial charge is 0.436 e. The van der Waals surface area contributed by atoms with Crippen molar-refractivity contribution in [2.75, 3.05) is 33.5 Å². The van der Waals surface area contributed by atoms with Gasteiger partial charge in [0.1, 0.15) is 23.4 Å². The molecule has 0 bridgehead atoms. The second-order valence-corrected chi connectivity index (χ2v) is 10.8. The Labute approximate surface area is 244 Å². The maximum atomic E-state index is 13.3.